The number of amides is 2. The molecule has 0 spiro atoms. The molecule has 0 saturated heterocycles. The number of ether oxygens (including phenoxy) is 2. The lowest BCUT2D eigenvalue weighted by molar-refractivity contribution is -0.114. The first-order chi connectivity index (χ1) is 19.7. The number of methoxy groups -OCH3 is 2. The molecule has 0 unspecified atom stereocenters. The average Bonchev–Trinajstić information content (AvgIpc) is 2.99. The second-order valence-electron chi connectivity index (χ2n) is 9.13. The summed E-state index contributed by atoms with van der Waals surface area (Å²) in [5.74, 6) is -0.401. The van der Waals surface area contributed by atoms with Gasteiger partial charge in [-0.05, 0) is 48.9 Å². The van der Waals surface area contributed by atoms with Gasteiger partial charge in [0, 0.05) is 12.6 Å². The molecule has 0 aromatic heterocycles. The summed E-state index contributed by atoms with van der Waals surface area (Å²) in [6.07, 6.45) is 0. The molecule has 41 heavy (non-hydrogen) atoms. The number of nitrogens with zero attached hydrogens (tertiary/aromatic N) is 1. The molecule has 4 aromatic rings. The standard InChI is InChI=1S/C31H31N3O6S/c1-22-13-15-24(16-14-22)34(41(37,38)25-17-18-28(39-2)29(19-25)40-3)21-30(35)33-27-12-8-7-11-26(27)31(36)32-20-23-9-5-4-6-10-23/h4-19H,20-21H2,1-3H3,(H,32,36)(H,33,35). The molecule has 2 N–H and O–H groups in total. The summed E-state index contributed by atoms with van der Waals surface area (Å²) >= 11 is 0. The molecule has 0 fully saturated rings. The van der Waals surface area contributed by atoms with Crippen LogP contribution in [-0.2, 0) is 21.4 Å². The van der Waals surface area contributed by atoms with Crippen molar-refractivity contribution in [2.75, 3.05) is 30.4 Å². The lowest BCUT2D eigenvalue weighted by Crippen LogP contribution is -2.38. The van der Waals surface area contributed by atoms with Gasteiger partial charge in [-0.25, -0.2) is 8.42 Å². The number of aryl methyl sites for hydroxylation is 1. The highest BCUT2D eigenvalue weighted by molar-refractivity contribution is 7.92. The predicted molar refractivity (Wildman–Crippen MR) is 158 cm³/mol. The number of anilines is 2. The maximum absolute atomic E-state index is 13.9. The second kappa shape index (κ2) is 13.0. The molecule has 4 rings (SSSR count). The fourth-order valence-electron chi connectivity index (χ4n) is 4.11. The van der Waals surface area contributed by atoms with Crippen molar-refractivity contribution in [3.8, 4) is 11.5 Å². The highest BCUT2D eigenvalue weighted by Gasteiger charge is 2.29. The zero-order valence-corrected chi connectivity index (χ0v) is 23.8. The maximum atomic E-state index is 13.9. The van der Waals surface area contributed by atoms with Crippen LogP contribution in [0.1, 0.15) is 21.5 Å². The van der Waals surface area contributed by atoms with Crippen molar-refractivity contribution in [3.63, 3.8) is 0 Å². The van der Waals surface area contributed by atoms with Crippen molar-refractivity contribution in [2.24, 2.45) is 0 Å². The largest absolute Gasteiger partial charge is 0.493 e. The summed E-state index contributed by atoms with van der Waals surface area (Å²) in [7, 11) is -1.36. The molecular formula is C31H31N3O6S. The fraction of sp³-hybridized carbons (Fsp3) is 0.161. The summed E-state index contributed by atoms with van der Waals surface area (Å²) in [6.45, 7) is 1.65. The van der Waals surface area contributed by atoms with Crippen LogP contribution in [0, 0.1) is 6.92 Å². The fourth-order valence-corrected chi connectivity index (χ4v) is 5.55. The molecule has 0 aliphatic rings. The number of nitrogens with one attached hydrogen (secondary N) is 2. The van der Waals surface area contributed by atoms with E-state index in [9.17, 15) is 18.0 Å². The van der Waals surface area contributed by atoms with E-state index in [2.05, 4.69) is 10.6 Å². The topological polar surface area (TPSA) is 114 Å². The lowest BCUT2D eigenvalue weighted by Gasteiger charge is -2.25. The maximum Gasteiger partial charge on any atom is 0.264 e. The third-order valence-electron chi connectivity index (χ3n) is 6.29. The van der Waals surface area contributed by atoms with Crippen LogP contribution in [0.2, 0.25) is 0 Å². The van der Waals surface area contributed by atoms with Gasteiger partial charge in [0.1, 0.15) is 6.54 Å². The lowest BCUT2D eigenvalue weighted by atomic mass is 10.1. The molecule has 4 aromatic carbocycles. The van der Waals surface area contributed by atoms with Crippen LogP contribution < -0.4 is 24.4 Å². The minimum atomic E-state index is -4.22. The SMILES string of the molecule is COc1ccc(S(=O)(=O)N(CC(=O)Nc2ccccc2C(=O)NCc2ccccc2)c2ccc(C)cc2)cc1OC. The van der Waals surface area contributed by atoms with Gasteiger partial charge in [-0.2, -0.15) is 0 Å². The molecule has 212 valence electrons. The average molecular weight is 574 g/mol. The Hall–Kier alpha value is -4.83. The van der Waals surface area contributed by atoms with E-state index in [0.29, 0.717) is 18.0 Å². The first-order valence-corrected chi connectivity index (χ1v) is 14.2. The molecule has 10 heteroatoms. The van der Waals surface area contributed by atoms with E-state index in [-0.39, 0.29) is 27.8 Å². The first-order valence-electron chi connectivity index (χ1n) is 12.8. The van der Waals surface area contributed by atoms with Gasteiger partial charge in [-0.1, -0.05) is 60.2 Å². The summed E-state index contributed by atoms with van der Waals surface area (Å²) in [6, 6.07) is 27.0. The summed E-state index contributed by atoms with van der Waals surface area (Å²) < 4.78 is 39.3. The Bertz CT molecular complexity index is 1620. The highest BCUT2D eigenvalue weighted by atomic mass is 32.2. The molecule has 2 amide bonds. The number of rotatable bonds is 11. The van der Waals surface area contributed by atoms with Gasteiger partial charge in [0.2, 0.25) is 5.91 Å². The van der Waals surface area contributed by atoms with Crippen molar-refractivity contribution in [1.29, 1.82) is 0 Å². The molecular weight excluding hydrogens is 542 g/mol. The van der Waals surface area contributed by atoms with Crippen molar-refractivity contribution in [3.05, 3.63) is 114 Å². The Labute approximate surface area is 239 Å². The van der Waals surface area contributed by atoms with Gasteiger partial charge in [0.15, 0.2) is 11.5 Å². The monoisotopic (exact) mass is 573 g/mol. The van der Waals surface area contributed by atoms with E-state index in [1.807, 2.05) is 37.3 Å². The van der Waals surface area contributed by atoms with Crippen LogP contribution >= 0.6 is 0 Å². The highest BCUT2D eigenvalue weighted by Crippen LogP contribution is 2.32. The van der Waals surface area contributed by atoms with E-state index in [1.54, 1.807) is 48.5 Å². The summed E-state index contributed by atoms with van der Waals surface area (Å²) in [5.41, 5.74) is 2.67. The number of carbonyl (C=O) groups excluding carboxylic acids is 2. The van der Waals surface area contributed by atoms with Crippen LogP contribution in [0.5, 0.6) is 11.5 Å². The van der Waals surface area contributed by atoms with Crippen molar-refractivity contribution < 1.29 is 27.5 Å². The molecule has 0 atom stereocenters. The Kier molecular flexibility index (Phi) is 9.26. The van der Waals surface area contributed by atoms with Gasteiger partial charge in [-0.15, -0.1) is 0 Å². The zero-order chi connectivity index (χ0) is 29.4. The van der Waals surface area contributed by atoms with E-state index in [1.165, 1.54) is 32.4 Å². The number of carbonyl (C=O) groups is 2. The third-order valence-corrected chi connectivity index (χ3v) is 8.06. The van der Waals surface area contributed by atoms with E-state index < -0.39 is 22.5 Å². The van der Waals surface area contributed by atoms with E-state index >= 15 is 0 Å². The quantitative estimate of drug-likeness (QED) is 0.267. The number of sulfonamides is 1. The molecule has 0 heterocycles. The van der Waals surface area contributed by atoms with Crippen molar-refractivity contribution >= 4 is 33.2 Å². The smallest absolute Gasteiger partial charge is 0.264 e. The molecule has 9 nitrogen and oxygen atoms in total. The van der Waals surface area contributed by atoms with Crippen LogP contribution in [0.25, 0.3) is 0 Å². The number of hydrogen-bond donors (Lipinski definition) is 2. The van der Waals surface area contributed by atoms with Crippen LogP contribution in [-0.4, -0.2) is 41.0 Å². The zero-order valence-electron chi connectivity index (χ0n) is 23.0. The van der Waals surface area contributed by atoms with Crippen molar-refractivity contribution in [2.45, 2.75) is 18.4 Å². The predicted octanol–water partition coefficient (Wildman–Crippen LogP) is 4.78. The van der Waals surface area contributed by atoms with E-state index in [0.717, 1.165) is 15.4 Å². The van der Waals surface area contributed by atoms with Gasteiger partial charge < -0.3 is 20.1 Å². The van der Waals surface area contributed by atoms with Gasteiger partial charge in [0.05, 0.1) is 36.1 Å². The van der Waals surface area contributed by atoms with Gasteiger partial charge in [0.25, 0.3) is 15.9 Å². The Morgan fingerprint density at radius 3 is 2.15 bits per heavy atom. The number of para-hydroxylation sites is 1. The van der Waals surface area contributed by atoms with Crippen LogP contribution in [0.3, 0.4) is 0 Å². The molecule has 0 saturated carbocycles. The normalized spacial score (nSPS) is 10.9. The third kappa shape index (κ3) is 7.03. The number of hydrogen-bond acceptors (Lipinski definition) is 6. The molecule has 0 bridgehead atoms. The minimum absolute atomic E-state index is 0.0794. The van der Waals surface area contributed by atoms with Crippen molar-refractivity contribution in [1.82, 2.24) is 5.32 Å². The number of benzene rings is 4. The summed E-state index contributed by atoms with van der Waals surface area (Å²) in [5, 5.41) is 5.56. The van der Waals surface area contributed by atoms with Gasteiger partial charge in [-0.3, -0.25) is 13.9 Å². The van der Waals surface area contributed by atoms with Crippen LogP contribution in [0.4, 0.5) is 11.4 Å². The summed E-state index contributed by atoms with van der Waals surface area (Å²) in [4.78, 5) is 26.2. The second-order valence-corrected chi connectivity index (χ2v) is 11.0. The Morgan fingerprint density at radius 2 is 1.46 bits per heavy atom. The Balaban J connectivity index is 1.59. The van der Waals surface area contributed by atoms with Crippen LogP contribution in [0.15, 0.2) is 102 Å². The molecule has 0 radical (unpaired) electrons. The van der Waals surface area contributed by atoms with E-state index in [4.69, 9.17) is 9.47 Å². The Morgan fingerprint density at radius 1 is 0.805 bits per heavy atom. The van der Waals surface area contributed by atoms with Gasteiger partial charge >= 0.3 is 0 Å². The first kappa shape index (κ1) is 29.2. The molecule has 0 aliphatic carbocycles. The molecule has 0 aliphatic heterocycles. The minimum Gasteiger partial charge on any atom is -0.493 e.